The Labute approximate surface area is 169 Å². The van der Waals surface area contributed by atoms with Gasteiger partial charge in [-0.1, -0.05) is 17.7 Å². The number of amides is 1. The van der Waals surface area contributed by atoms with E-state index in [-0.39, 0.29) is 5.91 Å². The fraction of sp³-hybridized carbons (Fsp3) is 0.217. The summed E-state index contributed by atoms with van der Waals surface area (Å²) in [6.07, 6.45) is 1.62. The van der Waals surface area contributed by atoms with Crippen LogP contribution in [0.1, 0.15) is 27.0 Å². The van der Waals surface area contributed by atoms with Crippen molar-refractivity contribution in [3.63, 3.8) is 0 Å². The zero-order valence-electron chi connectivity index (χ0n) is 16.7. The van der Waals surface area contributed by atoms with E-state index in [1.165, 1.54) is 5.56 Å². The third-order valence-electron chi connectivity index (χ3n) is 4.75. The minimum atomic E-state index is -0.173. The average molecular weight is 389 g/mol. The average Bonchev–Trinajstić information content (AvgIpc) is 2.70. The molecule has 0 saturated carbocycles. The molecular formula is C23H23N3O3. The Bertz CT molecular complexity index is 1060. The van der Waals surface area contributed by atoms with Crippen LogP contribution in [0.15, 0.2) is 48.7 Å². The third kappa shape index (κ3) is 4.16. The van der Waals surface area contributed by atoms with Gasteiger partial charge in [-0.05, 0) is 56.2 Å². The van der Waals surface area contributed by atoms with E-state index < -0.39 is 0 Å². The van der Waals surface area contributed by atoms with Crippen molar-refractivity contribution in [2.45, 2.75) is 20.8 Å². The Morgan fingerprint density at radius 2 is 1.66 bits per heavy atom. The lowest BCUT2D eigenvalue weighted by Gasteiger charge is -2.19. The number of anilines is 3. The molecule has 1 amide bonds. The molecule has 6 heteroatoms. The maximum Gasteiger partial charge on any atom is 0.255 e. The maximum absolute atomic E-state index is 12.8. The lowest BCUT2D eigenvalue weighted by Crippen LogP contribution is -2.15. The number of hydrogen-bond donors (Lipinski definition) is 2. The standard InChI is InChI=1S/C23H23N3O3/c1-14-10-15(2)22(16(3)11-14)26-23(27)17-6-7-24-21(12-17)25-18-4-5-19-20(13-18)29-9-8-28-19/h4-7,10-13H,8-9H2,1-3H3,(H,24,25)(H,26,27). The summed E-state index contributed by atoms with van der Waals surface area (Å²) in [4.78, 5) is 17.1. The molecule has 1 aliphatic rings. The van der Waals surface area contributed by atoms with E-state index in [4.69, 9.17) is 9.47 Å². The lowest BCUT2D eigenvalue weighted by molar-refractivity contribution is 0.102. The summed E-state index contributed by atoms with van der Waals surface area (Å²) in [5, 5.41) is 6.24. The molecule has 1 aromatic heterocycles. The molecule has 0 atom stereocenters. The first-order valence-electron chi connectivity index (χ1n) is 9.51. The number of nitrogens with zero attached hydrogens (tertiary/aromatic N) is 1. The molecule has 0 saturated heterocycles. The molecule has 4 rings (SSSR count). The predicted molar refractivity (Wildman–Crippen MR) is 114 cm³/mol. The van der Waals surface area contributed by atoms with Crippen molar-refractivity contribution >= 4 is 23.1 Å². The third-order valence-corrected chi connectivity index (χ3v) is 4.75. The zero-order valence-corrected chi connectivity index (χ0v) is 16.7. The van der Waals surface area contributed by atoms with Crippen LogP contribution >= 0.6 is 0 Å². The van der Waals surface area contributed by atoms with Crippen LogP contribution in [0, 0.1) is 20.8 Å². The summed E-state index contributed by atoms with van der Waals surface area (Å²) in [7, 11) is 0. The van der Waals surface area contributed by atoms with Gasteiger partial charge in [-0.2, -0.15) is 0 Å². The van der Waals surface area contributed by atoms with Gasteiger partial charge >= 0.3 is 0 Å². The van der Waals surface area contributed by atoms with E-state index >= 15 is 0 Å². The highest BCUT2D eigenvalue weighted by Gasteiger charge is 2.14. The van der Waals surface area contributed by atoms with Crippen molar-refractivity contribution < 1.29 is 14.3 Å². The fourth-order valence-electron chi connectivity index (χ4n) is 3.47. The van der Waals surface area contributed by atoms with Crippen LogP contribution in [0.25, 0.3) is 0 Å². The second kappa shape index (κ2) is 7.83. The Balaban J connectivity index is 1.52. The Kier molecular flexibility index (Phi) is 5.08. The minimum Gasteiger partial charge on any atom is -0.486 e. The topological polar surface area (TPSA) is 72.5 Å². The highest BCUT2D eigenvalue weighted by Crippen LogP contribution is 2.33. The molecule has 0 spiro atoms. The van der Waals surface area contributed by atoms with Crippen LogP contribution in [0.2, 0.25) is 0 Å². The number of hydrogen-bond acceptors (Lipinski definition) is 5. The van der Waals surface area contributed by atoms with Crippen molar-refractivity contribution in [3.05, 3.63) is 70.9 Å². The van der Waals surface area contributed by atoms with Crippen LogP contribution in [-0.4, -0.2) is 24.1 Å². The van der Waals surface area contributed by atoms with Crippen molar-refractivity contribution in [1.29, 1.82) is 0 Å². The quantitative estimate of drug-likeness (QED) is 0.672. The van der Waals surface area contributed by atoms with Gasteiger partial charge in [0.25, 0.3) is 5.91 Å². The number of aromatic nitrogens is 1. The number of aryl methyl sites for hydroxylation is 3. The Morgan fingerprint density at radius 3 is 2.41 bits per heavy atom. The predicted octanol–water partition coefficient (Wildman–Crippen LogP) is 4.77. The van der Waals surface area contributed by atoms with Crippen LogP contribution in [0.5, 0.6) is 11.5 Å². The molecule has 3 aromatic rings. The number of pyridine rings is 1. The van der Waals surface area contributed by atoms with Gasteiger partial charge in [0.1, 0.15) is 19.0 Å². The van der Waals surface area contributed by atoms with Crippen molar-refractivity contribution in [2.75, 3.05) is 23.8 Å². The first-order chi connectivity index (χ1) is 14.0. The molecule has 2 heterocycles. The molecule has 0 aliphatic carbocycles. The van der Waals surface area contributed by atoms with Gasteiger partial charge in [-0.25, -0.2) is 4.98 Å². The number of carbonyl (C=O) groups excluding carboxylic acids is 1. The molecule has 0 radical (unpaired) electrons. The Morgan fingerprint density at radius 1 is 0.931 bits per heavy atom. The molecule has 29 heavy (non-hydrogen) atoms. The second-order valence-electron chi connectivity index (χ2n) is 7.14. The fourth-order valence-corrected chi connectivity index (χ4v) is 3.47. The number of benzene rings is 2. The van der Waals surface area contributed by atoms with Crippen molar-refractivity contribution in [2.24, 2.45) is 0 Å². The Hall–Kier alpha value is -3.54. The molecule has 0 fully saturated rings. The summed E-state index contributed by atoms with van der Waals surface area (Å²) in [6, 6.07) is 13.2. The van der Waals surface area contributed by atoms with Gasteiger partial charge in [0.05, 0.1) is 0 Å². The highest BCUT2D eigenvalue weighted by atomic mass is 16.6. The van der Waals surface area contributed by atoms with Crippen LogP contribution < -0.4 is 20.1 Å². The molecule has 0 unspecified atom stereocenters. The molecule has 2 N–H and O–H groups in total. The summed E-state index contributed by atoms with van der Waals surface area (Å²) in [6.45, 7) is 7.12. The molecular weight excluding hydrogens is 366 g/mol. The molecule has 1 aliphatic heterocycles. The van der Waals surface area contributed by atoms with E-state index in [1.807, 2.05) is 39.0 Å². The number of fused-ring (bicyclic) bond motifs is 1. The van der Waals surface area contributed by atoms with E-state index in [2.05, 4.69) is 27.8 Å². The monoisotopic (exact) mass is 389 g/mol. The summed E-state index contributed by atoms with van der Waals surface area (Å²) >= 11 is 0. The number of carbonyl (C=O) groups is 1. The number of rotatable bonds is 4. The van der Waals surface area contributed by atoms with E-state index in [9.17, 15) is 4.79 Å². The van der Waals surface area contributed by atoms with Gasteiger partial charge < -0.3 is 20.1 Å². The van der Waals surface area contributed by atoms with Gasteiger partial charge in [0, 0.05) is 29.2 Å². The van der Waals surface area contributed by atoms with Gasteiger partial charge in [0.15, 0.2) is 11.5 Å². The van der Waals surface area contributed by atoms with Crippen LogP contribution in [0.4, 0.5) is 17.2 Å². The molecule has 148 valence electrons. The number of nitrogens with one attached hydrogen (secondary N) is 2. The summed E-state index contributed by atoms with van der Waals surface area (Å²) in [5.74, 6) is 1.83. The highest BCUT2D eigenvalue weighted by molar-refractivity contribution is 6.05. The van der Waals surface area contributed by atoms with E-state index in [0.29, 0.717) is 30.3 Å². The molecule has 2 aromatic carbocycles. The first kappa shape index (κ1) is 18.8. The largest absolute Gasteiger partial charge is 0.486 e. The lowest BCUT2D eigenvalue weighted by atomic mass is 10.0. The van der Waals surface area contributed by atoms with Crippen LogP contribution in [-0.2, 0) is 0 Å². The van der Waals surface area contributed by atoms with E-state index in [1.54, 1.807) is 18.3 Å². The normalized spacial score (nSPS) is 12.4. The number of ether oxygens (including phenoxy) is 2. The van der Waals surface area contributed by atoms with Gasteiger partial charge in [0.2, 0.25) is 0 Å². The summed E-state index contributed by atoms with van der Waals surface area (Å²) in [5.41, 5.74) is 5.44. The minimum absolute atomic E-state index is 0.173. The van der Waals surface area contributed by atoms with Crippen molar-refractivity contribution in [1.82, 2.24) is 4.98 Å². The molecule has 6 nitrogen and oxygen atoms in total. The van der Waals surface area contributed by atoms with Gasteiger partial charge in [-0.3, -0.25) is 4.79 Å². The van der Waals surface area contributed by atoms with Gasteiger partial charge in [-0.15, -0.1) is 0 Å². The SMILES string of the molecule is Cc1cc(C)c(NC(=O)c2ccnc(Nc3ccc4c(c3)OCCO4)c2)c(C)c1. The maximum atomic E-state index is 12.8. The van der Waals surface area contributed by atoms with Crippen molar-refractivity contribution in [3.8, 4) is 11.5 Å². The second-order valence-corrected chi connectivity index (χ2v) is 7.14. The zero-order chi connectivity index (χ0) is 20.4. The summed E-state index contributed by atoms with van der Waals surface area (Å²) < 4.78 is 11.2. The smallest absolute Gasteiger partial charge is 0.255 e. The molecule has 0 bridgehead atoms. The van der Waals surface area contributed by atoms with Crippen LogP contribution in [0.3, 0.4) is 0 Å². The first-order valence-corrected chi connectivity index (χ1v) is 9.51. The van der Waals surface area contributed by atoms with E-state index in [0.717, 1.165) is 28.3 Å².